The molecule has 0 spiro atoms. The highest BCUT2D eigenvalue weighted by Gasteiger charge is 2.29. The van der Waals surface area contributed by atoms with Gasteiger partial charge < -0.3 is 10.1 Å². The highest BCUT2D eigenvalue weighted by molar-refractivity contribution is 5.94. The minimum absolute atomic E-state index is 0.0374. The third-order valence-electron chi connectivity index (χ3n) is 3.68. The monoisotopic (exact) mass is 277 g/mol. The summed E-state index contributed by atoms with van der Waals surface area (Å²) in [5.74, 6) is 0.720. The van der Waals surface area contributed by atoms with Crippen LogP contribution in [-0.4, -0.2) is 18.6 Å². The molecule has 0 saturated heterocycles. The fourth-order valence-corrected chi connectivity index (χ4v) is 2.49. The second-order valence-electron chi connectivity index (χ2n) is 6.76. The summed E-state index contributed by atoms with van der Waals surface area (Å²) in [6.45, 7) is 10.8. The number of benzene rings is 1. The smallest absolute Gasteiger partial charge is 0.251 e. The van der Waals surface area contributed by atoms with Gasteiger partial charge in [-0.2, -0.15) is 0 Å². The maximum atomic E-state index is 12.3. The molecule has 0 fully saturated rings. The van der Waals surface area contributed by atoms with E-state index in [4.69, 9.17) is 4.74 Å². The standard InChI is InChI=1S/C17H27NO2/c1-7-16(2,3)12-17(4,5)18-15(19)13-8-10-14(20-6)11-9-13/h8-11H,7,12H2,1-6H3,(H,18,19). The molecule has 0 aliphatic rings. The van der Waals surface area contributed by atoms with Crippen molar-refractivity contribution >= 4 is 5.91 Å². The van der Waals surface area contributed by atoms with Crippen LogP contribution in [0.3, 0.4) is 0 Å². The molecule has 1 N–H and O–H groups in total. The van der Waals surface area contributed by atoms with Gasteiger partial charge in [-0.1, -0.05) is 27.2 Å². The van der Waals surface area contributed by atoms with E-state index in [0.29, 0.717) is 5.56 Å². The molecular weight excluding hydrogens is 250 g/mol. The minimum atomic E-state index is -0.226. The molecule has 0 atom stereocenters. The van der Waals surface area contributed by atoms with Crippen molar-refractivity contribution in [1.29, 1.82) is 0 Å². The van der Waals surface area contributed by atoms with Gasteiger partial charge in [0.2, 0.25) is 0 Å². The Morgan fingerprint density at radius 3 is 2.15 bits per heavy atom. The molecule has 0 aromatic heterocycles. The lowest BCUT2D eigenvalue weighted by molar-refractivity contribution is 0.0885. The molecule has 0 saturated carbocycles. The maximum Gasteiger partial charge on any atom is 0.251 e. The van der Waals surface area contributed by atoms with Crippen LogP contribution < -0.4 is 10.1 Å². The average Bonchev–Trinajstić information content (AvgIpc) is 2.37. The van der Waals surface area contributed by atoms with Crippen LogP contribution in [0.5, 0.6) is 5.75 Å². The van der Waals surface area contributed by atoms with Gasteiger partial charge in [0.05, 0.1) is 7.11 Å². The quantitative estimate of drug-likeness (QED) is 0.852. The number of ether oxygens (including phenoxy) is 1. The lowest BCUT2D eigenvalue weighted by Gasteiger charge is -2.35. The topological polar surface area (TPSA) is 38.3 Å². The second kappa shape index (κ2) is 6.29. The van der Waals surface area contributed by atoms with E-state index in [1.807, 2.05) is 0 Å². The zero-order valence-electron chi connectivity index (χ0n) is 13.5. The Labute approximate surface area is 122 Å². The molecule has 3 nitrogen and oxygen atoms in total. The number of hydrogen-bond donors (Lipinski definition) is 1. The van der Waals surface area contributed by atoms with Crippen molar-refractivity contribution in [2.75, 3.05) is 7.11 Å². The predicted molar refractivity (Wildman–Crippen MR) is 83.2 cm³/mol. The van der Waals surface area contributed by atoms with Gasteiger partial charge in [0.25, 0.3) is 5.91 Å². The summed E-state index contributed by atoms with van der Waals surface area (Å²) in [4.78, 5) is 12.3. The van der Waals surface area contributed by atoms with Crippen molar-refractivity contribution in [2.24, 2.45) is 5.41 Å². The van der Waals surface area contributed by atoms with Crippen molar-refractivity contribution < 1.29 is 9.53 Å². The van der Waals surface area contributed by atoms with E-state index in [1.54, 1.807) is 31.4 Å². The van der Waals surface area contributed by atoms with Crippen LogP contribution in [0.15, 0.2) is 24.3 Å². The van der Waals surface area contributed by atoms with Crippen LogP contribution in [-0.2, 0) is 0 Å². The van der Waals surface area contributed by atoms with E-state index in [0.717, 1.165) is 18.6 Å². The fourth-order valence-electron chi connectivity index (χ4n) is 2.49. The number of amides is 1. The van der Waals surface area contributed by atoms with Crippen LogP contribution in [0.25, 0.3) is 0 Å². The first kappa shape index (κ1) is 16.5. The maximum absolute atomic E-state index is 12.3. The number of methoxy groups -OCH3 is 1. The van der Waals surface area contributed by atoms with Gasteiger partial charge in [-0.15, -0.1) is 0 Å². The molecule has 0 unspecified atom stereocenters. The highest BCUT2D eigenvalue weighted by Crippen LogP contribution is 2.31. The highest BCUT2D eigenvalue weighted by atomic mass is 16.5. The van der Waals surface area contributed by atoms with Gasteiger partial charge in [-0.05, 0) is 49.9 Å². The number of carbonyl (C=O) groups excluding carboxylic acids is 1. The van der Waals surface area contributed by atoms with E-state index in [9.17, 15) is 4.79 Å². The predicted octanol–water partition coefficient (Wildman–Crippen LogP) is 4.03. The molecule has 0 aliphatic carbocycles. The Kier molecular flexibility index (Phi) is 5.21. The second-order valence-corrected chi connectivity index (χ2v) is 6.76. The zero-order chi connectivity index (χ0) is 15.4. The Hall–Kier alpha value is -1.51. The van der Waals surface area contributed by atoms with Crippen molar-refractivity contribution in [3.05, 3.63) is 29.8 Å². The van der Waals surface area contributed by atoms with E-state index in [1.165, 1.54) is 0 Å². The van der Waals surface area contributed by atoms with Gasteiger partial charge >= 0.3 is 0 Å². The summed E-state index contributed by atoms with van der Waals surface area (Å²) < 4.78 is 5.10. The summed E-state index contributed by atoms with van der Waals surface area (Å²) in [6, 6.07) is 7.18. The summed E-state index contributed by atoms with van der Waals surface area (Å²) >= 11 is 0. The van der Waals surface area contributed by atoms with Crippen molar-refractivity contribution in [3.8, 4) is 5.75 Å². The molecule has 112 valence electrons. The van der Waals surface area contributed by atoms with Crippen molar-refractivity contribution in [2.45, 2.75) is 53.0 Å². The summed E-state index contributed by atoms with van der Waals surface area (Å²) in [7, 11) is 1.62. The lowest BCUT2D eigenvalue weighted by atomic mass is 9.78. The normalized spacial score (nSPS) is 12.1. The zero-order valence-corrected chi connectivity index (χ0v) is 13.5. The largest absolute Gasteiger partial charge is 0.497 e. The Balaban J connectivity index is 2.73. The summed E-state index contributed by atoms with van der Waals surface area (Å²) in [6.07, 6.45) is 2.03. The molecule has 20 heavy (non-hydrogen) atoms. The third kappa shape index (κ3) is 4.87. The van der Waals surface area contributed by atoms with Crippen molar-refractivity contribution in [1.82, 2.24) is 5.32 Å². The molecule has 0 heterocycles. The van der Waals surface area contributed by atoms with Gasteiger partial charge in [0.1, 0.15) is 5.75 Å². The Morgan fingerprint density at radius 1 is 1.15 bits per heavy atom. The van der Waals surface area contributed by atoms with E-state index >= 15 is 0 Å². The van der Waals surface area contributed by atoms with E-state index < -0.39 is 0 Å². The number of rotatable bonds is 6. The van der Waals surface area contributed by atoms with Gasteiger partial charge in [-0.3, -0.25) is 4.79 Å². The third-order valence-corrected chi connectivity index (χ3v) is 3.68. The van der Waals surface area contributed by atoms with E-state index in [2.05, 4.69) is 39.9 Å². The fraction of sp³-hybridized carbons (Fsp3) is 0.588. The summed E-state index contributed by atoms with van der Waals surface area (Å²) in [5.41, 5.74) is 0.654. The lowest BCUT2D eigenvalue weighted by Crippen LogP contribution is -2.46. The minimum Gasteiger partial charge on any atom is -0.497 e. The molecule has 1 amide bonds. The molecule has 1 rings (SSSR count). The first-order valence-corrected chi connectivity index (χ1v) is 7.16. The van der Waals surface area contributed by atoms with Crippen LogP contribution in [0.4, 0.5) is 0 Å². The van der Waals surface area contributed by atoms with Crippen LogP contribution in [0, 0.1) is 5.41 Å². The molecule has 0 radical (unpaired) electrons. The molecule has 1 aromatic rings. The molecule has 3 heteroatoms. The van der Waals surface area contributed by atoms with Crippen LogP contribution in [0.1, 0.15) is 57.8 Å². The molecule has 0 bridgehead atoms. The van der Waals surface area contributed by atoms with Gasteiger partial charge in [0.15, 0.2) is 0 Å². The molecular formula is C17H27NO2. The Morgan fingerprint density at radius 2 is 1.70 bits per heavy atom. The molecule has 0 aliphatic heterocycles. The number of nitrogens with one attached hydrogen (secondary N) is 1. The average molecular weight is 277 g/mol. The first-order chi connectivity index (χ1) is 9.19. The number of hydrogen-bond acceptors (Lipinski definition) is 2. The van der Waals surface area contributed by atoms with Gasteiger partial charge in [0, 0.05) is 11.1 Å². The van der Waals surface area contributed by atoms with Crippen LogP contribution >= 0.6 is 0 Å². The summed E-state index contributed by atoms with van der Waals surface area (Å²) in [5, 5.41) is 3.12. The Bertz CT molecular complexity index is 447. The SMILES string of the molecule is CCC(C)(C)CC(C)(C)NC(=O)c1ccc(OC)cc1. The first-order valence-electron chi connectivity index (χ1n) is 7.16. The number of carbonyl (C=O) groups is 1. The molecule has 1 aromatic carbocycles. The van der Waals surface area contributed by atoms with E-state index in [-0.39, 0.29) is 16.9 Å². The van der Waals surface area contributed by atoms with Crippen molar-refractivity contribution in [3.63, 3.8) is 0 Å². The van der Waals surface area contributed by atoms with Gasteiger partial charge in [-0.25, -0.2) is 0 Å². The van der Waals surface area contributed by atoms with Crippen LogP contribution in [0.2, 0.25) is 0 Å².